The number of nitrogens with zero attached hydrogens (tertiary/aromatic N) is 3. The van der Waals surface area contributed by atoms with Crippen molar-refractivity contribution >= 4 is 29.4 Å². The molecule has 3 heterocycles. The predicted octanol–water partition coefficient (Wildman–Crippen LogP) is 4.38. The van der Waals surface area contributed by atoms with E-state index in [0.717, 1.165) is 4.90 Å². The summed E-state index contributed by atoms with van der Waals surface area (Å²) in [6.07, 6.45) is 0.911. The van der Waals surface area contributed by atoms with Gasteiger partial charge in [-0.25, -0.2) is 18.6 Å². The van der Waals surface area contributed by atoms with Crippen molar-refractivity contribution in [3.05, 3.63) is 47.4 Å². The first-order valence-corrected chi connectivity index (χ1v) is 11.1. The highest BCUT2D eigenvalue weighted by atomic mass is 19.3. The van der Waals surface area contributed by atoms with Gasteiger partial charge in [-0.15, -0.1) is 0 Å². The predicted molar refractivity (Wildman–Crippen MR) is 125 cm³/mol. The number of alkyl halides is 2. The molecule has 0 unspecified atom stereocenters. The zero-order valence-corrected chi connectivity index (χ0v) is 20.3. The summed E-state index contributed by atoms with van der Waals surface area (Å²) in [6, 6.07) is 3.85. The molecule has 1 atom stereocenters. The van der Waals surface area contributed by atoms with Gasteiger partial charge in [-0.1, -0.05) is 6.07 Å². The van der Waals surface area contributed by atoms with E-state index < -0.39 is 48.3 Å². The first kappa shape index (κ1) is 26.0. The molecule has 2 aromatic heterocycles. The molecule has 1 fully saturated rings. The van der Waals surface area contributed by atoms with Crippen LogP contribution in [0.3, 0.4) is 0 Å². The van der Waals surface area contributed by atoms with Crippen LogP contribution in [0.25, 0.3) is 0 Å². The number of carbonyl (C=O) groups excluding carboxylic acids is 3. The molecule has 0 aliphatic carbocycles. The summed E-state index contributed by atoms with van der Waals surface area (Å²) in [5.41, 5.74) is 1.19. The SMILES string of the molecule is Cc1ccc([C@@H]2CC(F)(F)CCN2C(=O)C(=O)Nc2cnc(NC(=O)OC(C)(C)C)c(C)c2)cn1. The van der Waals surface area contributed by atoms with Gasteiger partial charge in [-0.3, -0.25) is 19.9 Å². The van der Waals surface area contributed by atoms with Gasteiger partial charge in [0.25, 0.3) is 5.92 Å². The lowest BCUT2D eigenvalue weighted by Gasteiger charge is -2.39. The average molecular weight is 490 g/mol. The second kappa shape index (κ2) is 9.93. The lowest BCUT2D eigenvalue weighted by molar-refractivity contribution is -0.151. The fourth-order valence-corrected chi connectivity index (χ4v) is 3.64. The summed E-state index contributed by atoms with van der Waals surface area (Å²) in [5.74, 6) is -4.64. The number of ether oxygens (including phenoxy) is 1. The highest BCUT2D eigenvalue weighted by Gasteiger charge is 2.44. The van der Waals surface area contributed by atoms with Crippen molar-refractivity contribution in [2.45, 2.75) is 65.0 Å². The molecular formula is C24H29F2N5O4. The van der Waals surface area contributed by atoms with Gasteiger partial charge in [0.1, 0.15) is 11.4 Å². The van der Waals surface area contributed by atoms with Gasteiger partial charge < -0.3 is 15.0 Å². The Bertz CT molecular complexity index is 1120. The highest BCUT2D eigenvalue weighted by Crippen LogP contribution is 2.39. The van der Waals surface area contributed by atoms with Crippen molar-refractivity contribution in [1.82, 2.24) is 14.9 Å². The first-order valence-electron chi connectivity index (χ1n) is 11.1. The molecule has 0 saturated carbocycles. The Kier molecular flexibility index (Phi) is 7.37. The number of nitrogens with one attached hydrogen (secondary N) is 2. The zero-order valence-electron chi connectivity index (χ0n) is 20.3. The standard InChI is InChI=1S/C24H29F2N5O4/c1-14-10-17(13-28-19(14)30-22(34)35-23(3,4)5)29-20(32)21(33)31-9-8-24(25,26)11-18(31)16-7-6-15(2)27-12-16/h6-7,10,12-13,18H,8-9,11H2,1-5H3,(H,29,32)(H,28,30,34)/t18-/m0/s1. The molecule has 0 radical (unpaired) electrons. The van der Waals surface area contributed by atoms with Crippen LogP contribution >= 0.6 is 0 Å². The molecule has 3 amide bonds. The molecule has 9 nitrogen and oxygen atoms in total. The summed E-state index contributed by atoms with van der Waals surface area (Å²) in [4.78, 5) is 47.0. The summed E-state index contributed by atoms with van der Waals surface area (Å²) >= 11 is 0. The Balaban J connectivity index is 1.71. The maximum absolute atomic E-state index is 14.2. The molecule has 3 rings (SSSR count). The quantitative estimate of drug-likeness (QED) is 0.619. The fourth-order valence-electron chi connectivity index (χ4n) is 3.64. The number of likely N-dealkylation sites (tertiary alicyclic amines) is 1. The number of amides is 3. The van der Waals surface area contributed by atoms with Gasteiger partial charge >= 0.3 is 17.9 Å². The van der Waals surface area contributed by atoms with E-state index in [2.05, 4.69) is 20.6 Å². The molecule has 0 bridgehead atoms. The summed E-state index contributed by atoms with van der Waals surface area (Å²) in [6.45, 7) is 8.34. The Labute approximate surface area is 202 Å². The number of aryl methyl sites for hydroxylation is 2. The number of hydrogen-bond acceptors (Lipinski definition) is 6. The average Bonchev–Trinajstić information content (AvgIpc) is 2.74. The van der Waals surface area contributed by atoms with E-state index in [9.17, 15) is 23.2 Å². The minimum atomic E-state index is -2.96. The molecular weight excluding hydrogens is 460 g/mol. The van der Waals surface area contributed by atoms with Crippen LogP contribution in [-0.4, -0.2) is 50.8 Å². The van der Waals surface area contributed by atoms with Crippen LogP contribution in [-0.2, 0) is 14.3 Å². The number of anilines is 2. The molecule has 0 spiro atoms. The summed E-state index contributed by atoms with van der Waals surface area (Å²) in [7, 11) is 0. The topological polar surface area (TPSA) is 114 Å². The minimum Gasteiger partial charge on any atom is -0.444 e. The number of halogens is 2. The van der Waals surface area contributed by atoms with Crippen molar-refractivity contribution in [2.75, 3.05) is 17.2 Å². The van der Waals surface area contributed by atoms with E-state index in [1.807, 2.05) is 0 Å². The molecule has 1 saturated heterocycles. The van der Waals surface area contributed by atoms with Gasteiger partial charge in [0.15, 0.2) is 0 Å². The first-order chi connectivity index (χ1) is 16.2. The Morgan fingerprint density at radius 3 is 2.43 bits per heavy atom. The van der Waals surface area contributed by atoms with E-state index >= 15 is 0 Å². The number of rotatable bonds is 3. The van der Waals surface area contributed by atoms with Gasteiger partial charge in [0, 0.05) is 31.3 Å². The largest absolute Gasteiger partial charge is 0.444 e. The molecule has 11 heteroatoms. The molecule has 0 aromatic carbocycles. The Hall–Kier alpha value is -3.63. The van der Waals surface area contributed by atoms with Gasteiger partial charge in [-0.2, -0.15) is 0 Å². The van der Waals surface area contributed by atoms with Gasteiger partial charge in [0.2, 0.25) is 0 Å². The van der Waals surface area contributed by atoms with E-state index in [-0.39, 0.29) is 18.1 Å². The van der Waals surface area contributed by atoms with Crippen LogP contribution in [0.1, 0.15) is 56.5 Å². The number of hydrogen-bond donors (Lipinski definition) is 2. The Morgan fingerprint density at radius 1 is 1.11 bits per heavy atom. The number of piperidine rings is 1. The van der Waals surface area contributed by atoms with E-state index in [0.29, 0.717) is 16.8 Å². The molecule has 2 N–H and O–H groups in total. The van der Waals surface area contributed by atoms with Crippen LogP contribution in [0.4, 0.5) is 25.1 Å². The minimum absolute atomic E-state index is 0.214. The molecule has 1 aliphatic heterocycles. The number of aromatic nitrogens is 2. The third kappa shape index (κ3) is 6.93. The van der Waals surface area contributed by atoms with Crippen molar-refractivity contribution in [1.29, 1.82) is 0 Å². The molecule has 1 aliphatic rings. The maximum Gasteiger partial charge on any atom is 0.413 e. The second-order valence-electron chi connectivity index (χ2n) is 9.53. The summed E-state index contributed by atoms with van der Waals surface area (Å²) < 4.78 is 33.5. The van der Waals surface area contributed by atoms with E-state index in [1.54, 1.807) is 46.8 Å². The zero-order chi connectivity index (χ0) is 26.0. The van der Waals surface area contributed by atoms with E-state index in [4.69, 9.17) is 4.74 Å². The Morgan fingerprint density at radius 2 is 1.83 bits per heavy atom. The molecule has 188 valence electrons. The maximum atomic E-state index is 14.2. The second-order valence-corrected chi connectivity index (χ2v) is 9.53. The van der Waals surface area contributed by atoms with Crippen molar-refractivity contribution < 1.29 is 27.9 Å². The normalized spacial score (nSPS) is 17.5. The van der Waals surface area contributed by atoms with Crippen molar-refractivity contribution in [2.24, 2.45) is 0 Å². The van der Waals surface area contributed by atoms with Crippen molar-refractivity contribution in [3.63, 3.8) is 0 Å². The molecule has 2 aromatic rings. The van der Waals surface area contributed by atoms with Gasteiger partial charge in [0.05, 0.1) is 17.9 Å². The third-order valence-corrected chi connectivity index (χ3v) is 5.32. The third-order valence-electron chi connectivity index (χ3n) is 5.32. The number of pyridine rings is 2. The van der Waals surface area contributed by atoms with Crippen LogP contribution < -0.4 is 10.6 Å². The van der Waals surface area contributed by atoms with Crippen LogP contribution in [0, 0.1) is 13.8 Å². The monoisotopic (exact) mass is 489 g/mol. The highest BCUT2D eigenvalue weighted by molar-refractivity contribution is 6.39. The van der Waals surface area contributed by atoms with Crippen LogP contribution in [0.15, 0.2) is 30.6 Å². The van der Waals surface area contributed by atoms with Crippen molar-refractivity contribution in [3.8, 4) is 0 Å². The van der Waals surface area contributed by atoms with Crippen LogP contribution in [0.5, 0.6) is 0 Å². The van der Waals surface area contributed by atoms with Gasteiger partial charge in [-0.05, 0) is 57.9 Å². The smallest absolute Gasteiger partial charge is 0.413 e. The molecule has 35 heavy (non-hydrogen) atoms. The summed E-state index contributed by atoms with van der Waals surface area (Å²) in [5, 5.41) is 4.98. The lowest BCUT2D eigenvalue weighted by Crippen LogP contribution is -2.48. The fraction of sp³-hybridized carbons (Fsp3) is 0.458. The lowest BCUT2D eigenvalue weighted by atomic mass is 9.93. The number of carbonyl (C=O) groups is 3. The van der Waals surface area contributed by atoms with E-state index in [1.165, 1.54) is 18.5 Å². The van der Waals surface area contributed by atoms with Crippen LogP contribution in [0.2, 0.25) is 0 Å².